The van der Waals surface area contributed by atoms with Gasteiger partial charge in [-0.1, -0.05) is 36.4 Å². The first-order valence-corrected chi connectivity index (χ1v) is 9.38. The van der Waals surface area contributed by atoms with Crippen molar-refractivity contribution in [3.8, 4) is 0 Å². The smallest absolute Gasteiger partial charge is 0.333 e. The van der Waals surface area contributed by atoms with Crippen molar-refractivity contribution in [1.29, 1.82) is 0 Å². The zero-order chi connectivity index (χ0) is 17.4. The molecule has 1 heterocycles. The van der Waals surface area contributed by atoms with Crippen LogP contribution in [0.25, 0.3) is 0 Å². The highest BCUT2D eigenvalue weighted by Crippen LogP contribution is 2.47. The summed E-state index contributed by atoms with van der Waals surface area (Å²) in [6.45, 7) is 0. The van der Waals surface area contributed by atoms with E-state index in [9.17, 15) is 19.4 Å². The monoisotopic (exact) mass is 349 g/mol. The van der Waals surface area contributed by atoms with Gasteiger partial charge in [0.25, 0.3) is 0 Å². The average molecular weight is 349 g/mol. The standard InChI is InChI=1S/C17H20NO5P/c19-17(20)16(10-4-8-14-9-5-11-18-12-14)23-24(21,22)13-15-6-2-1-3-7-15/h1-3,5-7,9,11-12,16H,4,8,10,13H2,(H,19,20)(H,21,22). The molecule has 0 aliphatic heterocycles. The third kappa shape index (κ3) is 6.24. The molecule has 24 heavy (non-hydrogen) atoms. The summed E-state index contributed by atoms with van der Waals surface area (Å²) in [5.41, 5.74) is 1.61. The van der Waals surface area contributed by atoms with E-state index in [1.807, 2.05) is 12.1 Å². The highest BCUT2D eigenvalue weighted by molar-refractivity contribution is 7.52. The molecule has 0 saturated carbocycles. The Hall–Kier alpha value is -2.01. The van der Waals surface area contributed by atoms with Gasteiger partial charge in [0, 0.05) is 12.4 Å². The van der Waals surface area contributed by atoms with Crippen LogP contribution >= 0.6 is 7.60 Å². The van der Waals surface area contributed by atoms with Crippen molar-refractivity contribution in [2.75, 3.05) is 0 Å². The molecule has 0 saturated heterocycles. The van der Waals surface area contributed by atoms with Crippen molar-refractivity contribution in [3.63, 3.8) is 0 Å². The molecule has 0 radical (unpaired) electrons. The van der Waals surface area contributed by atoms with Crippen LogP contribution in [0.15, 0.2) is 54.9 Å². The molecule has 128 valence electrons. The first-order chi connectivity index (χ1) is 11.5. The van der Waals surface area contributed by atoms with Gasteiger partial charge in [0.15, 0.2) is 6.10 Å². The third-order valence-corrected chi connectivity index (χ3v) is 4.80. The Morgan fingerprint density at radius 3 is 2.50 bits per heavy atom. The number of aliphatic carboxylic acids is 1. The van der Waals surface area contributed by atoms with Gasteiger partial charge in [0.05, 0.1) is 6.16 Å². The number of hydrogen-bond donors (Lipinski definition) is 2. The van der Waals surface area contributed by atoms with Crippen LogP contribution in [-0.4, -0.2) is 27.1 Å². The summed E-state index contributed by atoms with van der Waals surface area (Å²) in [4.78, 5) is 25.3. The molecule has 2 rings (SSSR count). The lowest BCUT2D eigenvalue weighted by atomic mass is 10.1. The molecule has 0 spiro atoms. The molecule has 0 fully saturated rings. The van der Waals surface area contributed by atoms with Crippen LogP contribution in [-0.2, 0) is 26.5 Å². The first-order valence-electron chi connectivity index (χ1n) is 7.62. The van der Waals surface area contributed by atoms with E-state index < -0.39 is 19.7 Å². The van der Waals surface area contributed by atoms with E-state index in [2.05, 4.69) is 4.98 Å². The summed E-state index contributed by atoms with van der Waals surface area (Å²) >= 11 is 0. The van der Waals surface area contributed by atoms with Crippen LogP contribution in [0.5, 0.6) is 0 Å². The first kappa shape index (κ1) is 18.3. The molecule has 0 aliphatic rings. The van der Waals surface area contributed by atoms with E-state index in [1.165, 1.54) is 0 Å². The predicted octanol–water partition coefficient (Wildman–Crippen LogP) is 3.26. The number of aromatic nitrogens is 1. The number of nitrogens with zero attached hydrogens (tertiary/aromatic N) is 1. The fourth-order valence-electron chi connectivity index (χ4n) is 2.31. The van der Waals surface area contributed by atoms with Gasteiger partial charge in [0.1, 0.15) is 0 Å². The summed E-state index contributed by atoms with van der Waals surface area (Å²) in [7, 11) is -4.03. The highest BCUT2D eigenvalue weighted by atomic mass is 31.2. The van der Waals surface area contributed by atoms with Crippen LogP contribution in [0.3, 0.4) is 0 Å². The molecule has 7 heteroatoms. The molecule has 1 aromatic carbocycles. The van der Waals surface area contributed by atoms with Crippen molar-refractivity contribution in [2.24, 2.45) is 0 Å². The van der Waals surface area contributed by atoms with Crippen LogP contribution < -0.4 is 0 Å². The van der Waals surface area contributed by atoms with Crippen molar-refractivity contribution < 1.29 is 23.9 Å². The van der Waals surface area contributed by atoms with Crippen LogP contribution in [0, 0.1) is 0 Å². The molecular formula is C17H20NO5P. The number of pyridine rings is 1. The Morgan fingerprint density at radius 1 is 1.17 bits per heavy atom. The number of benzene rings is 1. The van der Waals surface area contributed by atoms with Crippen molar-refractivity contribution in [1.82, 2.24) is 4.98 Å². The fourth-order valence-corrected chi connectivity index (χ4v) is 3.65. The molecule has 0 aliphatic carbocycles. The van der Waals surface area contributed by atoms with Gasteiger partial charge in [-0.25, -0.2) is 4.79 Å². The number of carboxylic acid groups (broad SMARTS) is 1. The Bertz CT molecular complexity index is 693. The summed E-state index contributed by atoms with van der Waals surface area (Å²) in [5.74, 6) is -1.23. The lowest BCUT2D eigenvalue weighted by molar-refractivity contribution is -0.145. The summed E-state index contributed by atoms with van der Waals surface area (Å²) in [6, 6.07) is 12.4. The molecular weight excluding hydrogens is 329 g/mol. The number of hydrogen-bond acceptors (Lipinski definition) is 4. The Labute approximate surface area is 140 Å². The average Bonchev–Trinajstić information content (AvgIpc) is 2.55. The lowest BCUT2D eigenvalue weighted by Gasteiger charge is -2.18. The minimum Gasteiger partial charge on any atom is -0.479 e. The predicted molar refractivity (Wildman–Crippen MR) is 89.7 cm³/mol. The van der Waals surface area contributed by atoms with Crippen LogP contribution in [0.4, 0.5) is 0 Å². The Balaban J connectivity index is 1.90. The fraction of sp³-hybridized carbons (Fsp3) is 0.294. The lowest BCUT2D eigenvalue weighted by Crippen LogP contribution is -2.23. The van der Waals surface area contributed by atoms with E-state index in [-0.39, 0.29) is 12.6 Å². The van der Waals surface area contributed by atoms with E-state index in [0.29, 0.717) is 18.4 Å². The maximum Gasteiger partial charge on any atom is 0.333 e. The SMILES string of the molecule is O=C(O)C(CCCc1cccnc1)OP(=O)(O)Cc1ccccc1. The summed E-state index contributed by atoms with van der Waals surface area (Å²) in [5, 5.41) is 9.23. The second kappa shape index (κ2) is 8.73. The van der Waals surface area contributed by atoms with E-state index >= 15 is 0 Å². The van der Waals surface area contributed by atoms with Crippen molar-refractivity contribution in [2.45, 2.75) is 31.5 Å². The molecule has 2 unspecified atom stereocenters. The zero-order valence-electron chi connectivity index (χ0n) is 13.1. The molecule has 2 atom stereocenters. The highest BCUT2D eigenvalue weighted by Gasteiger charge is 2.29. The number of rotatable bonds is 9. The molecule has 0 bridgehead atoms. The second-order valence-corrected chi connectivity index (χ2v) is 7.27. The van der Waals surface area contributed by atoms with Gasteiger partial charge in [-0.2, -0.15) is 0 Å². The zero-order valence-corrected chi connectivity index (χ0v) is 14.0. The number of carboxylic acids is 1. The molecule has 6 nitrogen and oxygen atoms in total. The summed E-state index contributed by atoms with van der Waals surface area (Å²) in [6.07, 6.45) is 3.18. The Kier molecular flexibility index (Phi) is 6.67. The maximum atomic E-state index is 12.2. The van der Waals surface area contributed by atoms with Crippen LogP contribution in [0.2, 0.25) is 0 Å². The van der Waals surface area contributed by atoms with Gasteiger partial charge < -0.3 is 10.00 Å². The largest absolute Gasteiger partial charge is 0.479 e. The van der Waals surface area contributed by atoms with E-state index in [1.54, 1.807) is 42.7 Å². The molecule has 1 aromatic heterocycles. The number of carbonyl (C=O) groups is 1. The maximum absolute atomic E-state index is 12.2. The molecule has 2 aromatic rings. The van der Waals surface area contributed by atoms with Crippen molar-refractivity contribution >= 4 is 13.6 Å². The minimum absolute atomic E-state index is 0.156. The summed E-state index contributed by atoms with van der Waals surface area (Å²) < 4.78 is 17.2. The topological polar surface area (TPSA) is 96.7 Å². The van der Waals surface area contributed by atoms with E-state index in [0.717, 1.165) is 5.56 Å². The van der Waals surface area contributed by atoms with Crippen LogP contribution in [0.1, 0.15) is 24.0 Å². The number of aryl methyl sites for hydroxylation is 1. The molecule has 2 N–H and O–H groups in total. The molecule has 0 amide bonds. The second-order valence-electron chi connectivity index (χ2n) is 5.47. The normalized spacial score (nSPS) is 14.7. The van der Waals surface area contributed by atoms with Gasteiger partial charge in [0.2, 0.25) is 0 Å². The van der Waals surface area contributed by atoms with Gasteiger partial charge in [-0.15, -0.1) is 0 Å². The van der Waals surface area contributed by atoms with Gasteiger partial charge in [-0.3, -0.25) is 14.1 Å². The minimum atomic E-state index is -4.03. The van der Waals surface area contributed by atoms with Gasteiger partial charge >= 0.3 is 13.6 Å². The van der Waals surface area contributed by atoms with Gasteiger partial charge in [-0.05, 0) is 36.5 Å². The van der Waals surface area contributed by atoms with Crippen molar-refractivity contribution in [3.05, 3.63) is 66.0 Å². The third-order valence-electron chi connectivity index (χ3n) is 3.45. The van der Waals surface area contributed by atoms with E-state index in [4.69, 9.17) is 4.52 Å². The quantitative estimate of drug-likeness (QED) is 0.675. The Morgan fingerprint density at radius 2 is 1.88 bits per heavy atom.